The lowest BCUT2D eigenvalue weighted by Crippen LogP contribution is -2.17. The molecule has 1 aliphatic rings. The highest BCUT2D eigenvalue weighted by Gasteiger charge is 2.22. The first-order valence-corrected chi connectivity index (χ1v) is 6.12. The molecular weight excluding hydrogens is 234 g/mol. The average Bonchev–Trinajstić information content (AvgIpc) is 2.37. The minimum absolute atomic E-state index is 0.520. The van der Waals surface area contributed by atoms with Crippen molar-refractivity contribution >= 4 is 23.2 Å². The molecule has 3 nitrogen and oxygen atoms in total. The third-order valence-electron chi connectivity index (χ3n) is 3.52. The van der Waals surface area contributed by atoms with Crippen molar-refractivity contribution in [1.82, 2.24) is 0 Å². The topological polar surface area (TPSA) is 75.9 Å². The van der Waals surface area contributed by atoms with Crippen LogP contribution in [0, 0.1) is 5.41 Å². The van der Waals surface area contributed by atoms with Crippen LogP contribution in [0.5, 0.6) is 0 Å². The van der Waals surface area contributed by atoms with Crippen LogP contribution in [-0.2, 0) is 6.42 Å². The Bertz CT molecular complexity index is 714. The molecule has 0 heterocycles. The zero-order valence-electron chi connectivity index (χ0n) is 10.5. The Kier molecular flexibility index (Phi) is 2.42. The lowest BCUT2D eigenvalue weighted by Gasteiger charge is -2.23. The summed E-state index contributed by atoms with van der Waals surface area (Å²) >= 11 is 0. The van der Waals surface area contributed by atoms with Crippen molar-refractivity contribution < 1.29 is 0 Å². The van der Waals surface area contributed by atoms with E-state index in [2.05, 4.69) is 6.58 Å². The molecule has 94 valence electrons. The Morgan fingerprint density at radius 2 is 1.79 bits per heavy atom. The van der Waals surface area contributed by atoms with Gasteiger partial charge in [-0.05, 0) is 47.4 Å². The number of hydrogen-bond acceptors (Lipinski definition) is 3. The van der Waals surface area contributed by atoms with Gasteiger partial charge < -0.3 is 11.5 Å². The standard InChI is InChI=1S/C16H15N3/c1-2-9-6-13(18)8-11-5-10-7-12(17)3-4-14(10)16(19)15(9)11/h2-4,6-8,19H,1,5,17-18H2. The first-order valence-electron chi connectivity index (χ1n) is 6.12. The predicted molar refractivity (Wildman–Crippen MR) is 80.5 cm³/mol. The van der Waals surface area contributed by atoms with E-state index < -0.39 is 0 Å². The third-order valence-corrected chi connectivity index (χ3v) is 3.52. The smallest absolute Gasteiger partial charge is 0.0696 e. The Labute approximate surface area is 112 Å². The van der Waals surface area contributed by atoms with Gasteiger partial charge >= 0.3 is 0 Å². The molecule has 0 aliphatic heterocycles. The quantitative estimate of drug-likeness (QED) is 0.580. The van der Waals surface area contributed by atoms with Gasteiger partial charge in [-0.2, -0.15) is 0 Å². The van der Waals surface area contributed by atoms with Gasteiger partial charge in [0, 0.05) is 22.5 Å². The number of benzene rings is 2. The van der Waals surface area contributed by atoms with Crippen LogP contribution in [0.1, 0.15) is 27.8 Å². The van der Waals surface area contributed by atoms with Gasteiger partial charge in [0.15, 0.2) is 0 Å². The molecule has 3 rings (SSSR count). The number of rotatable bonds is 1. The molecule has 0 bridgehead atoms. The monoisotopic (exact) mass is 249 g/mol. The highest BCUT2D eigenvalue weighted by Crippen LogP contribution is 2.32. The minimum atomic E-state index is 0.520. The van der Waals surface area contributed by atoms with E-state index in [-0.39, 0.29) is 0 Å². The van der Waals surface area contributed by atoms with E-state index in [1.54, 1.807) is 6.08 Å². The molecule has 0 aromatic heterocycles. The molecule has 0 fully saturated rings. The molecule has 0 saturated carbocycles. The van der Waals surface area contributed by atoms with Crippen molar-refractivity contribution in [3.05, 3.63) is 64.7 Å². The van der Waals surface area contributed by atoms with Crippen LogP contribution in [0.2, 0.25) is 0 Å². The molecule has 2 aromatic rings. The minimum Gasteiger partial charge on any atom is -0.399 e. The number of anilines is 2. The molecule has 0 unspecified atom stereocenters. The zero-order chi connectivity index (χ0) is 13.6. The van der Waals surface area contributed by atoms with E-state index in [4.69, 9.17) is 16.9 Å². The van der Waals surface area contributed by atoms with Crippen LogP contribution in [-0.4, -0.2) is 5.71 Å². The SMILES string of the molecule is C=Cc1cc(N)cc2c1C(=N)c1ccc(N)cc1C2. The number of fused-ring (bicyclic) bond motifs is 2. The molecule has 3 heteroatoms. The van der Waals surface area contributed by atoms with Gasteiger partial charge in [-0.15, -0.1) is 0 Å². The van der Waals surface area contributed by atoms with Crippen LogP contribution in [0.25, 0.3) is 6.08 Å². The van der Waals surface area contributed by atoms with Gasteiger partial charge in [0.25, 0.3) is 0 Å². The summed E-state index contributed by atoms with van der Waals surface area (Å²) in [6.45, 7) is 3.81. The Morgan fingerprint density at radius 3 is 2.53 bits per heavy atom. The van der Waals surface area contributed by atoms with Crippen molar-refractivity contribution in [3.8, 4) is 0 Å². The van der Waals surface area contributed by atoms with Gasteiger partial charge in [-0.3, -0.25) is 5.41 Å². The van der Waals surface area contributed by atoms with Gasteiger partial charge in [-0.1, -0.05) is 18.7 Å². The molecule has 0 radical (unpaired) electrons. The van der Waals surface area contributed by atoms with Crippen molar-refractivity contribution in [3.63, 3.8) is 0 Å². The Morgan fingerprint density at radius 1 is 1.05 bits per heavy atom. The van der Waals surface area contributed by atoms with Gasteiger partial charge in [0.05, 0.1) is 5.71 Å². The molecule has 1 aliphatic carbocycles. The van der Waals surface area contributed by atoms with Crippen LogP contribution < -0.4 is 11.5 Å². The fourth-order valence-electron chi connectivity index (χ4n) is 2.70. The highest BCUT2D eigenvalue weighted by atomic mass is 14.6. The van der Waals surface area contributed by atoms with E-state index in [0.29, 0.717) is 11.4 Å². The summed E-state index contributed by atoms with van der Waals surface area (Å²) in [6, 6.07) is 9.48. The number of nitrogens with one attached hydrogen (secondary N) is 1. The summed E-state index contributed by atoms with van der Waals surface area (Å²) in [5, 5.41) is 8.41. The Hall–Kier alpha value is -2.55. The molecule has 0 atom stereocenters. The first-order chi connectivity index (χ1) is 9.10. The van der Waals surface area contributed by atoms with E-state index in [9.17, 15) is 0 Å². The number of hydrogen-bond donors (Lipinski definition) is 3. The van der Waals surface area contributed by atoms with Crippen molar-refractivity contribution in [2.24, 2.45) is 0 Å². The summed E-state index contributed by atoms with van der Waals surface area (Å²) in [5.74, 6) is 0. The van der Waals surface area contributed by atoms with Crippen LogP contribution in [0.3, 0.4) is 0 Å². The number of nitrogens with two attached hydrogens (primary N) is 2. The summed E-state index contributed by atoms with van der Waals surface area (Å²) in [4.78, 5) is 0. The fraction of sp³-hybridized carbons (Fsp3) is 0.0625. The van der Waals surface area contributed by atoms with Crippen LogP contribution in [0.15, 0.2) is 36.9 Å². The van der Waals surface area contributed by atoms with Crippen molar-refractivity contribution in [1.29, 1.82) is 5.41 Å². The summed E-state index contributed by atoms with van der Waals surface area (Å²) in [5.41, 5.74) is 18.6. The molecular formula is C16H15N3. The van der Waals surface area contributed by atoms with E-state index in [1.807, 2.05) is 30.3 Å². The average molecular weight is 249 g/mol. The molecule has 19 heavy (non-hydrogen) atoms. The zero-order valence-corrected chi connectivity index (χ0v) is 10.5. The van der Waals surface area contributed by atoms with E-state index in [1.165, 1.54) is 0 Å². The largest absolute Gasteiger partial charge is 0.399 e. The highest BCUT2D eigenvalue weighted by molar-refractivity contribution is 6.16. The molecule has 0 spiro atoms. The maximum atomic E-state index is 8.41. The predicted octanol–water partition coefficient (Wildman–Crippen LogP) is 2.81. The Balaban J connectivity index is 2.27. The van der Waals surface area contributed by atoms with E-state index in [0.717, 1.165) is 39.9 Å². The van der Waals surface area contributed by atoms with Gasteiger partial charge in [0.2, 0.25) is 0 Å². The molecule has 0 saturated heterocycles. The summed E-state index contributed by atoms with van der Waals surface area (Å²) in [6.07, 6.45) is 2.51. The lowest BCUT2D eigenvalue weighted by molar-refractivity contribution is 1.14. The summed E-state index contributed by atoms with van der Waals surface area (Å²) in [7, 11) is 0. The van der Waals surface area contributed by atoms with Gasteiger partial charge in [-0.25, -0.2) is 0 Å². The molecule has 0 amide bonds. The van der Waals surface area contributed by atoms with Crippen LogP contribution >= 0.6 is 0 Å². The molecule has 5 N–H and O–H groups in total. The summed E-state index contributed by atoms with van der Waals surface area (Å²) < 4.78 is 0. The van der Waals surface area contributed by atoms with Crippen LogP contribution in [0.4, 0.5) is 11.4 Å². The van der Waals surface area contributed by atoms with E-state index >= 15 is 0 Å². The normalized spacial score (nSPS) is 12.7. The number of nitrogen functional groups attached to an aromatic ring is 2. The maximum absolute atomic E-state index is 8.41. The fourth-order valence-corrected chi connectivity index (χ4v) is 2.70. The second-order valence-corrected chi connectivity index (χ2v) is 4.82. The van der Waals surface area contributed by atoms with Crippen molar-refractivity contribution in [2.75, 3.05) is 11.5 Å². The van der Waals surface area contributed by atoms with Crippen molar-refractivity contribution in [2.45, 2.75) is 6.42 Å². The lowest BCUT2D eigenvalue weighted by atomic mass is 9.81. The maximum Gasteiger partial charge on any atom is 0.0696 e. The third kappa shape index (κ3) is 1.71. The molecule has 2 aromatic carbocycles. The second kappa shape index (κ2) is 3.99. The first kappa shape index (κ1) is 11.5. The second-order valence-electron chi connectivity index (χ2n) is 4.82. The van der Waals surface area contributed by atoms with Gasteiger partial charge in [0.1, 0.15) is 0 Å².